The first-order chi connectivity index (χ1) is 10.6. The Kier molecular flexibility index (Phi) is 5.08. The van der Waals surface area contributed by atoms with Gasteiger partial charge in [-0.2, -0.15) is 13.2 Å². The van der Waals surface area contributed by atoms with Gasteiger partial charge in [0.25, 0.3) is 0 Å². The van der Waals surface area contributed by atoms with Crippen molar-refractivity contribution >= 4 is 40.8 Å². The summed E-state index contributed by atoms with van der Waals surface area (Å²) in [5.41, 5.74) is -1.28. The minimum atomic E-state index is -4.63. The number of alkyl halides is 3. The zero-order chi connectivity index (χ0) is 17.4. The fraction of sp³-hybridized carbons (Fsp3) is 0.143. The number of carbonyl (C=O) groups excluding carboxylic acids is 1. The fourth-order valence-corrected chi connectivity index (χ4v) is 2.41. The number of hydrogen-bond donors (Lipinski definition) is 0. The van der Waals surface area contributed by atoms with Gasteiger partial charge in [0.1, 0.15) is 0 Å². The molecule has 0 saturated heterocycles. The van der Waals surface area contributed by atoms with Crippen molar-refractivity contribution in [3.8, 4) is 11.1 Å². The number of nitrogens with zero attached hydrogens (tertiary/aromatic N) is 1. The van der Waals surface area contributed by atoms with E-state index in [4.69, 9.17) is 34.8 Å². The topological polar surface area (TPSA) is 39.2 Å². The zero-order valence-electron chi connectivity index (χ0n) is 11.3. The number of aromatic nitrogens is 1. The number of methoxy groups -OCH3 is 1. The standard InChI is InChI=1S/C14H7Cl3F3NO2/c1-23-13(22)12-8(4-7(5-21-12)14(18,19)20)6-2-9(15)11(17)10(16)3-6/h2-5H,1H3. The number of benzene rings is 1. The van der Waals surface area contributed by atoms with Crippen LogP contribution in [-0.2, 0) is 10.9 Å². The molecule has 122 valence electrons. The van der Waals surface area contributed by atoms with E-state index in [2.05, 4.69) is 9.72 Å². The first kappa shape index (κ1) is 17.8. The number of rotatable bonds is 2. The number of carbonyl (C=O) groups is 1. The lowest BCUT2D eigenvalue weighted by Gasteiger charge is -2.13. The van der Waals surface area contributed by atoms with Crippen LogP contribution in [0.2, 0.25) is 15.1 Å². The Balaban J connectivity index is 2.74. The van der Waals surface area contributed by atoms with Gasteiger partial charge in [0.05, 0.1) is 27.7 Å². The van der Waals surface area contributed by atoms with Crippen LogP contribution in [0, 0.1) is 0 Å². The first-order valence-electron chi connectivity index (χ1n) is 5.95. The van der Waals surface area contributed by atoms with Gasteiger partial charge in [-0.05, 0) is 23.8 Å². The molecule has 9 heteroatoms. The van der Waals surface area contributed by atoms with Crippen molar-refractivity contribution in [1.29, 1.82) is 0 Å². The maximum absolute atomic E-state index is 12.9. The Labute approximate surface area is 143 Å². The number of hydrogen-bond acceptors (Lipinski definition) is 3. The molecule has 1 heterocycles. The Morgan fingerprint density at radius 1 is 1.13 bits per heavy atom. The molecule has 0 fully saturated rings. The molecule has 0 saturated carbocycles. The summed E-state index contributed by atoms with van der Waals surface area (Å²) in [6, 6.07) is 3.36. The summed E-state index contributed by atoms with van der Waals surface area (Å²) in [7, 11) is 1.09. The van der Waals surface area contributed by atoms with Gasteiger partial charge in [0, 0.05) is 11.8 Å². The van der Waals surface area contributed by atoms with Crippen molar-refractivity contribution in [2.24, 2.45) is 0 Å². The summed E-state index contributed by atoms with van der Waals surface area (Å²) < 4.78 is 43.2. The second-order valence-corrected chi connectivity index (χ2v) is 5.56. The summed E-state index contributed by atoms with van der Waals surface area (Å²) in [5, 5.41) is 0.112. The van der Waals surface area contributed by atoms with E-state index in [1.165, 1.54) is 12.1 Å². The third-order valence-electron chi connectivity index (χ3n) is 2.89. The highest BCUT2D eigenvalue weighted by Gasteiger charge is 2.32. The largest absolute Gasteiger partial charge is 0.464 e. The molecule has 23 heavy (non-hydrogen) atoms. The second-order valence-electron chi connectivity index (χ2n) is 4.36. The molecule has 1 aromatic carbocycles. The molecule has 0 atom stereocenters. The lowest BCUT2D eigenvalue weighted by atomic mass is 10.0. The average molecular weight is 385 g/mol. The average Bonchev–Trinajstić information content (AvgIpc) is 2.49. The molecule has 2 aromatic rings. The van der Waals surface area contributed by atoms with Crippen molar-refractivity contribution in [3.05, 3.63) is 50.7 Å². The predicted molar refractivity (Wildman–Crippen MR) is 81.0 cm³/mol. The summed E-state index contributed by atoms with van der Waals surface area (Å²) >= 11 is 17.6. The SMILES string of the molecule is COC(=O)c1ncc(C(F)(F)F)cc1-c1cc(Cl)c(Cl)c(Cl)c1. The summed E-state index contributed by atoms with van der Waals surface area (Å²) in [6.07, 6.45) is -4.08. The quantitative estimate of drug-likeness (QED) is 0.506. The Morgan fingerprint density at radius 3 is 2.17 bits per heavy atom. The van der Waals surface area contributed by atoms with Crippen molar-refractivity contribution < 1.29 is 22.7 Å². The minimum Gasteiger partial charge on any atom is -0.464 e. The van der Waals surface area contributed by atoms with Crippen LogP contribution < -0.4 is 0 Å². The highest BCUT2D eigenvalue weighted by atomic mass is 35.5. The summed E-state index contributed by atoms with van der Waals surface area (Å²) in [4.78, 5) is 15.3. The number of pyridine rings is 1. The van der Waals surface area contributed by atoms with E-state index < -0.39 is 17.7 Å². The highest BCUT2D eigenvalue weighted by Crippen LogP contribution is 2.38. The summed E-state index contributed by atoms with van der Waals surface area (Å²) in [5.74, 6) is -0.893. The molecule has 0 unspecified atom stereocenters. The maximum atomic E-state index is 12.9. The molecule has 0 spiro atoms. The lowest BCUT2D eigenvalue weighted by molar-refractivity contribution is -0.137. The van der Waals surface area contributed by atoms with E-state index in [1.807, 2.05) is 0 Å². The third-order valence-corrected chi connectivity index (χ3v) is 4.09. The molecule has 2 rings (SSSR count). The normalized spacial score (nSPS) is 11.4. The molecular weight excluding hydrogens is 378 g/mol. The third kappa shape index (κ3) is 3.71. The van der Waals surface area contributed by atoms with Crippen molar-refractivity contribution in [1.82, 2.24) is 4.98 Å². The number of halogens is 6. The van der Waals surface area contributed by atoms with E-state index >= 15 is 0 Å². The Morgan fingerprint density at radius 2 is 1.70 bits per heavy atom. The molecule has 0 N–H and O–H groups in total. The van der Waals surface area contributed by atoms with Crippen LogP contribution in [0.3, 0.4) is 0 Å². The smallest absolute Gasteiger partial charge is 0.417 e. The molecule has 0 aliphatic rings. The molecule has 0 radical (unpaired) electrons. The molecule has 0 bridgehead atoms. The van der Waals surface area contributed by atoms with Crippen molar-refractivity contribution in [2.45, 2.75) is 6.18 Å². The molecule has 3 nitrogen and oxygen atoms in total. The van der Waals surface area contributed by atoms with Gasteiger partial charge in [-0.3, -0.25) is 0 Å². The Hall–Kier alpha value is -1.50. The molecule has 0 aliphatic heterocycles. The van der Waals surface area contributed by atoms with Gasteiger partial charge in [-0.1, -0.05) is 34.8 Å². The molecule has 0 amide bonds. The Bertz CT molecular complexity index is 755. The van der Waals surface area contributed by atoms with Gasteiger partial charge < -0.3 is 4.74 Å². The van der Waals surface area contributed by atoms with E-state index in [0.717, 1.165) is 13.2 Å². The lowest BCUT2D eigenvalue weighted by Crippen LogP contribution is -2.11. The van der Waals surface area contributed by atoms with Crippen LogP contribution in [-0.4, -0.2) is 18.1 Å². The maximum Gasteiger partial charge on any atom is 0.417 e. The second kappa shape index (κ2) is 6.55. The fourth-order valence-electron chi connectivity index (χ4n) is 1.81. The minimum absolute atomic E-state index is 0.0300. The van der Waals surface area contributed by atoms with Gasteiger partial charge in [0.2, 0.25) is 0 Å². The van der Waals surface area contributed by atoms with Crippen LogP contribution >= 0.6 is 34.8 Å². The zero-order valence-corrected chi connectivity index (χ0v) is 13.6. The van der Waals surface area contributed by atoms with E-state index in [0.29, 0.717) is 6.20 Å². The van der Waals surface area contributed by atoms with E-state index in [-0.39, 0.29) is 31.9 Å². The van der Waals surface area contributed by atoms with Crippen molar-refractivity contribution in [2.75, 3.05) is 7.11 Å². The molecule has 0 aliphatic carbocycles. The van der Waals surface area contributed by atoms with Crippen molar-refractivity contribution in [3.63, 3.8) is 0 Å². The predicted octanol–water partition coefficient (Wildman–Crippen LogP) is 5.51. The van der Waals surface area contributed by atoms with Crippen LogP contribution in [0.5, 0.6) is 0 Å². The monoisotopic (exact) mass is 383 g/mol. The van der Waals surface area contributed by atoms with Crippen LogP contribution in [0.25, 0.3) is 11.1 Å². The van der Waals surface area contributed by atoms with E-state index in [9.17, 15) is 18.0 Å². The van der Waals surface area contributed by atoms with Gasteiger partial charge in [0.15, 0.2) is 5.69 Å². The number of esters is 1. The molecule has 1 aromatic heterocycles. The summed E-state index contributed by atoms with van der Waals surface area (Å²) in [6.45, 7) is 0. The van der Waals surface area contributed by atoms with Crippen LogP contribution in [0.4, 0.5) is 13.2 Å². The first-order valence-corrected chi connectivity index (χ1v) is 7.09. The van der Waals surface area contributed by atoms with Gasteiger partial charge >= 0.3 is 12.1 Å². The highest BCUT2D eigenvalue weighted by molar-refractivity contribution is 6.48. The molecular formula is C14H7Cl3F3NO2. The van der Waals surface area contributed by atoms with Gasteiger partial charge in [-0.15, -0.1) is 0 Å². The van der Waals surface area contributed by atoms with E-state index in [1.54, 1.807) is 0 Å². The van der Waals surface area contributed by atoms with Gasteiger partial charge in [-0.25, -0.2) is 9.78 Å². The van der Waals surface area contributed by atoms with Crippen LogP contribution in [0.15, 0.2) is 24.4 Å². The number of ether oxygens (including phenoxy) is 1. The van der Waals surface area contributed by atoms with Crippen LogP contribution in [0.1, 0.15) is 16.1 Å².